The number of pyridine rings is 1. The van der Waals surface area contributed by atoms with Gasteiger partial charge in [-0.05, 0) is 49.2 Å². The fourth-order valence-corrected chi connectivity index (χ4v) is 4.89. The lowest BCUT2D eigenvalue weighted by atomic mass is 10.2. The standard InChI is InChI=1S/C25H28N8O3/c34-25(28-19-7-9-26-10-8-19)27-18-3-1-17(2-4-18)22-29-23(32-11-13-35-14-12-32)31-24(30-22)33-20-5-6-21(33)16-36-15-20/h1-4,7-10,20-21H,5-6,11-16H2,(H2,26,27,28,34)/t20-,21+. The Morgan fingerprint density at radius 2 is 1.44 bits per heavy atom. The van der Waals surface area contributed by atoms with Crippen molar-refractivity contribution in [2.75, 3.05) is 60.0 Å². The van der Waals surface area contributed by atoms with Crippen LogP contribution in [0.1, 0.15) is 12.8 Å². The molecular weight excluding hydrogens is 460 g/mol. The Morgan fingerprint density at radius 3 is 2.14 bits per heavy atom. The zero-order valence-electron chi connectivity index (χ0n) is 19.8. The van der Waals surface area contributed by atoms with Gasteiger partial charge in [-0.25, -0.2) is 4.79 Å². The molecule has 0 saturated carbocycles. The number of hydrogen-bond acceptors (Lipinski definition) is 9. The van der Waals surface area contributed by atoms with Crippen LogP contribution in [-0.2, 0) is 9.47 Å². The third kappa shape index (κ3) is 4.79. The van der Waals surface area contributed by atoms with Gasteiger partial charge in [-0.15, -0.1) is 0 Å². The smallest absolute Gasteiger partial charge is 0.323 e. The summed E-state index contributed by atoms with van der Waals surface area (Å²) in [6, 6.07) is 11.2. The maximum absolute atomic E-state index is 12.3. The zero-order chi connectivity index (χ0) is 24.3. The monoisotopic (exact) mass is 488 g/mol. The molecule has 3 aliphatic rings. The lowest BCUT2D eigenvalue weighted by Gasteiger charge is -2.35. The molecule has 2 amide bonds. The van der Waals surface area contributed by atoms with E-state index in [2.05, 4.69) is 25.4 Å². The van der Waals surface area contributed by atoms with E-state index < -0.39 is 0 Å². The molecule has 11 heteroatoms. The molecule has 3 fully saturated rings. The molecule has 0 radical (unpaired) electrons. The molecule has 36 heavy (non-hydrogen) atoms. The highest BCUT2D eigenvalue weighted by Crippen LogP contribution is 2.33. The van der Waals surface area contributed by atoms with Crippen LogP contribution in [0.3, 0.4) is 0 Å². The van der Waals surface area contributed by atoms with E-state index in [1.807, 2.05) is 24.3 Å². The van der Waals surface area contributed by atoms with Crippen molar-refractivity contribution in [2.45, 2.75) is 24.9 Å². The van der Waals surface area contributed by atoms with E-state index in [9.17, 15) is 4.79 Å². The number of nitrogens with one attached hydrogen (secondary N) is 2. The molecule has 6 rings (SSSR count). The second kappa shape index (κ2) is 10.0. The first-order chi connectivity index (χ1) is 17.7. The van der Waals surface area contributed by atoms with E-state index in [4.69, 9.17) is 24.4 Å². The highest BCUT2D eigenvalue weighted by molar-refractivity contribution is 5.99. The van der Waals surface area contributed by atoms with E-state index in [0.717, 1.165) is 31.5 Å². The summed E-state index contributed by atoms with van der Waals surface area (Å²) in [4.78, 5) is 35.4. The van der Waals surface area contributed by atoms with Crippen molar-refractivity contribution < 1.29 is 14.3 Å². The minimum Gasteiger partial charge on any atom is -0.378 e. The first kappa shape index (κ1) is 22.6. The number of aromatic nitrogens is 4. The van der Waals surface area contributed by atoms with Crippen LogP contribution in [-0.4, -0.2) is 77.6 Å². The van der Waals surface area contributed by atoms with E-state index >= 15 is 0 Å². The Balaban J connectivity index is 1.25. The summed E-state index contributed by atoms with van der Waals surface area (Å²) >= 11 is 0. The average molecular weight is 489 g/mol. The first-order valence-corrected chi connectivity index (χ1v) is 12.3. The van der Waals surface area contributed by atoms with Gasteiger partial charge in [-0.1, -0.05) is 0 Å². The van der Waals surface area contributed by atoms with Crippen LogP contribution >= 0.6 is 0 Å². The van der Waals surface area contributed by atoms with Crippen molar-refractivity contribution in [1.29, 1.82) is 0 Å². The zero-order valence-corrected chi connectivity index (χ0v) is 19.8. The Labute approximate surface area is 208 Å². The molecule has 1 aromatic carbocycles. The van der Waals surface area contributed by atoms with E-state index in [0.29, 0.717) is 67.6 Å². The number of anilines is 4. The maximum Gasteiger partial charge on any atom is 0.323 e. The van der Waals surface area contributed by atoms with Gasteiger partial charge >= 0.3 is 6.03 Å². The molecule has 2 bridgehead atoms. The van der Waals surface area contributed by atoms with Gasteiger partial charge in [-0.3, -0.25) is 4.98 Å². The first-order valence-electron chi connectivity index (χ1n) is 12.3. The van der Waals surface area contributed by atoms with Gasteiger partial charge < -0.3 is 29.9 Å². The fourth-order valence-electron chi connectivity index (χ4n) is 4.89. The summed E-state index contributed by atoms with van der Waals surface area (Å²) in [6.07, 6.45) is 5.42. The summed E-state index contributed by atoms with van der Waals surface area (Å²) in [5, 5.41) is 5.63. The lowest BCUT2D eigenvalue weighted by molar-refractivity contribution is 0.0897. The Morgan fingerprint density at radius 1 is 0.806 bits per heavy atom. The molecular formula is C25H28N8O3. The number of nitrogens with zero attached hydrogens (tertiary/aromatic N) is 6. The summed E-state index contributed by atoms with van der Waals surface area (Å²) in [6.45, 7) is 4.20. The maximum atomic E-state index is 12.3. The van der Waals surface area contributed by atoms with Crippen LogP contribution in [0.2, 0.25) is 0 Å². The Hall–Kier alpha value is -3.83. The molecule has 3 aliphatic heterocycles. The minimum absolute atomic E-state index is 0.294. The van der Waals surface area contributed by atoms with Gasteiger partial charge in [0.25, 0.3) is 0 Å². The molecule has 2 aromatic heterocycles. The largest absolute Gasteiger partial charge is 0.378 e. The van der Waals surface area contributed by atoms with Crippen LogP contribution < -0.4 is 20.4 Å². The van der Waals surface area contributed by atoms with Gasteiger partial charge in [-0.2, -0.15) is 15.0 Å². The molecule has 186 valence electrons. The van der Waals surface area contributed by atoms with E-state index in [1.165, 1.54) is 0 Å². The number of ether oxygens (including phenoxy) is 2. The topological polar surface area (TPSA) is 118 Å². The minimum atomic E-state index is -0.325. The number of morpholine rings is 2. The summed E-state index contributed by atoms with van der Waals surface area (Å²) in [5.41, 5.74) is 2.19. The third-order valence-corrected chi connectivity index (χ3v) is 6.72. The Kier molecular flexibility index (Phi) is 6.31. The average Bonchev–Trinajstić information content (AvgIpc) is 3.18. The van der Waals surface area contributed by atoms with Crippen molar-refractivity contribution in [2.24, 2.45) is 0 Å². The molecule has 0 aliphatic carbocycles. The quantitative estimate of drug-likeness (QED) is 0.559. The third-order valence-electron chi connectivity index (χ3n) is 6.72. The number of amides is 2. The van der Waals surface area contributed by atoms with Crippen LogP contribution in [0.4, 0.5) is 28.1 Å². The number of benzene rings is 1. The fraction of sp³-hybridized carbons (Fsp3) is 0.400. The number of urea groups is 1. The van der Waals surface area contributed by atoms with Gasteiger partial charge in [0.05, 0.1) is 38.5 Å². The van der Waals surface area contributed by atoms with Crippen molar-refractivity contribution >= 4 is 29.3 Å². The summed E-state index contributed by atoms with van der Waals surface area (Å²) < 4.78 is 11.3. The van der Waals surface area contributed by atoms with Crippen LogP contribution in [0.15, 0.2) is 48.8 Å². The SMILES string of the molecule is O=C(Nc1ccncc1)Nc1ccc(-c2nc(N3CCOCC3)nc(N3[C@@H]4CC[C@H]3COC4)n2)cc1. The van der Waals surface area contributed by atoms with Crippen LogP contribution in [0, 0.1) is 0 Å². The van der Waals surface area contributed by atoms with Gasteiger partial charge in [0.15, 0.2) is 5.82 Å². The number of rotatable bonds is 5. The second-order valence-electron chi connectivity index (χ2n) is 9.08. The number of carbonyl (C=O) groups excluding carboxylic acids is 1. The van der Waals surface area contributed by atoms with Crippen LogP contribution in [0.5, 0.6) is 0 Å². The molecule has 2 atom stereocenters. The van der Waals surface area contributed by atoms with Crippen molar-refractivity contribution in [3.8, 4) is 11.4 Å². The second-order valence-corrected chi connectivity index (χ2v) is 9.08. The van der Waals surface area contributed by atoms with Crippen LogP contribution in [0.25, 0.3) is 11.4 Å². The number of hydrogen-bond donors (Lipinski definition) is 2. The van der Waals surface area contributed by atoms with Crippen molar-refractivity contribution in [1.82, 2.24) is 19.9 Å². The molecule has 3 saturated heterocycles. The number of fused-ring (bicyclic) bond motifs is 2. The predicted octanol–water partition coefficient (Wildman–Crippen LogP) is 2.78. The highest BCUT2D eigenvalue weighted by atomic mass is 16.5. The normalized spacial score (nSPS) is 21.3. The van der Waals surface area contributed by atoms with Crippen molar-refractivity contribution in [3.05, 3.63) is 48.8 Å². The molecule has 0 spiro atoms. The number of carbonyl (C=O) groups is 1. The van der Waals surface area contributed by atoms with E-state index in [-0.39, 0.29) is 6.03 Å². The molecule has 5 heterocycles. The summed E-state index contributed by atoms with van der Waals surface area (Å²) in [5.74, 6) is 1.99. The molecule has 3 aromatic rings. The summed E-state index contributed by atoms with van der Waals surface area (Å²) in [7, 11) is 0. The van der Waals surface area contributed by atoms with Crippen molar-refractivity contribution in [3.63, 3.8) is 0 Å². The molecule has 2 N–H and O–H groups in total. The van der Waals surface area contributed by atoms with E-state index in [1.54, 1.807) is 24.5 Å². The molecule has 11 nitrogen and oxygen atoms in total. The molecule has 0 unspecified atom stereocenters. The predicted molar refractivity (Wildman–Crippen MR) is 135 cm³/mol. The van der Waals surface area contributed by atoms with Gasteiger partial charge in [0, 0.05) is 42.4 Å². The lowest BCUT2D eigenvalue weighted by Crippen LogP contribution is -2.47. The van der Waals surface area contributed by atoms with Gasteiger partial charge in [0.2, 0.25) is 11.9 Å². The Bertz CT molecular complexity index is 1190. The highest BCUT2D eigenvalue weighted by Gasteiger charge is 2.39. The van der Waals surface area contributed by atoms with Gasteiger partial charge in [0.1, 0.15) is 0 Å².